The van der Waals surface area contributed by atoms with Crippen molar-refractivity contribution in [3.63, 3.8) is 0 Å². The van der Waals surface area contributed by atoms with Crippen molar-refractivity contribution in [3.8, 4) is 0 Å². The zero-order valence-electron chi connectivity index (χ0n) is 9.61. The molecule has 2 aromatic heterocycles. The number of nitrogens with one attached hydrogen (secondary N) is 2. The number of H-pyrrole nitrogens is 1. The summed E-state index contributed by atoms with van der Waals surface area (Å²) in [6.07, 6.45) is 3.45. The van der Waals surface area contributed by atoms with Crippen LogP contribution < -0.4 is 5.32 Å². The van der Waals surface area contributed by atoms with Gasteiger partial charge in [-0.2, -0.15) is 4.37 Å². The fraction of sp³-hybridized carbons (Fsp3) is 0.500. The van der Waals surface area contributed by atoms with E-state index in [-0.39, 0.29) is 5.41 Å². The molecule has 2 aromatic rings. The van der Waals surface area contributed by atoms with E-state index in [0.29, 0.717) is 6.54 Å². The van der Waals surface area contributed by atoms with Crippen LogP contribution in [0.15, 0.2) is 12.5 Å². The van der Waals surface area contributed by atoms with Gasteiger partial charge in [-0.25, -0.2) is 9.97 Å². The fourth-order valence-corrected chi connectivity index (χ4v) is 1.90. The molecule has 86 valence electrons. The van der Waals surface area contributed by atoms with Gasteiger partial charge in [0.2, 0.25) is 5.13 Å². The van der Waals surface area contributed by atoms with E-state index >= 15 is 0 Å². The molecule has 16 heavy (non-hydrogen) atoms. The Bertz CT molecular complexity index is 440. The van der Waals surface area contributed by atoms with Crippen molar-refractivity contribution in [2.45, 2.75) is 32.7 Å². The van der Waals surface area contributed by atoms with Gasteiger partial charge in [0.1, 0.15) is 5.82 Å². The van der Waals surface area contributed by atoms with Crippen molar-refractivity contribution < 1.29 is 0 Å². The number of nitrogens with zero attached hydrogens (tertiary/aromatic N) is 3. The van der Waals surface area contributed by atoms with E-state index in [0.717, 1.165) is 16.6 Å². The monoisotopic (exact) mass is 237 g/mol. The first-order valence-electron chi connectivity index (χ1n) is 5.11. The molecule has 0 atom stereocenters. The van der Waals surface area contributed by atoms with Gasteiger partial charge >= 0.3 is 0 Å². The van der Waals surface area contributed by atoms with Crippen LogP contribution in [0.4, 0.5) is 5.13 Å². The van der Waals surface area contributed by atoms with Gasteiger partial charge in [0.05, 0.1) is 18.6 Å². The minimum atomic E-state index is 0.00438. The SMILES string of the molecule is CC(C)(C)c1nsc(NCc2cnc[nH]2)n1. The van der Waals surface area contributed by atoms with Crippen LogP contribution in [0.5, 0.6) is 0 Å². The second-order valence-corrected chi connectivity index (χ2v) is 5.36. The lowest BCUT2D eigenvalue weighted by molar-refractivity contribution is 0.555. The number of rotatable bonds is 3. The van der Waals surface area contributed by atoms with Gasteiger partial charge in [0, 0.05) is 23.1 Å². The molecule has 0 bridgehead atoms. The summed E-state index contributed by atoms with van der Waals surface area (Å²) in [7, 11) is 0. The highest BCUT2D eigenvalue weighted by Crippen LogP contribution is 2.22. The van der Waals surface area contributed by atoms with E-state index in [1.165, 1.54) is 11.5 Å². The number of hydrogen-bond donors (Lipinski definition) is 2. The largest absolute Gasteiger partial charge is 0.355 e. The van der Waals surface area contributed by atoms with E-state index in [1.54, 1.807) is 12.5 Å². The van der Waals surface area contributed by atoms with Crippen LogP contribution in [0.2, 0.25) is 0 Å². The van der Waals surface area contributed by atoms with E-state index in [9.17, 15) is 0 Å². The second kappa shape index (κ2) is 4.21. The normalized spacial score (nSPS) is 11.7. The molecule has 0 unspecified atom stereocenters. The standard InChI is InChI=1S/C10H15N5S/c1-10(2,3)8-14-9(16-15-8)12-5-7-4-11-6-13-7/h4,6H,5H2,1-3H3,(H,11,13)(H,12,14,15). The highest BCUT2D eigenvalue weighted by molar-refractivity contribution is 7.09. The molecule has 2 heterocycles. The number of anilines is 1. The highest BCUT2D eigenvalue weighted by atomic mass is 32.1. The molecule has 0 spiro atoms. The molecule has 0 aromatic carbocycles. The molecule has 0 saturated heterocycles. The molecule has 0 aliphatic carbocycles. The van der Waals surface area contributed by atoms with Crippen LogP contribution in [0.25, 0.3) is 0 Å². The third kappa shape index (κ3) is 2.57. The third-order valence-corrected chi connectivity index (χ3v) is 2.75. The summed E-state index contributed by atoms with van der Waals surface area (Å²) in [5.41, 5.74) is 1.04. The van der Waals surface area contributed by atoms with Gasteiger partial charge in [-0.15, -0.1) is 0 Å². The van der Waals surface area contributed by atoms with Crippen LogP contribution in [0, 0.1) is 0 Å². The summed E-state index contributed by atoms with van der Waals surface area (Å²) in [6, 6.07) is 0. The molecule has 0 saturated carbocycles. The molecule has 0 amide bonds. The second-order valence-electron chi connectivity index (χ2n) is 4.60. The Kier molecular flexibility index (Phi) is 2.91. The van der Waals surface area contributed by atoms with Crippen LogP contribution >= 0.6 is 11.5 Å². The Labute approximate surface area is 98.5 Å². The summed E-state index contributed by atoms with van der Waals surface area (Å²) in [5, 5.41) is 4.06. The topological polar surface area (TPSA) is 66.5 Å². The summed E-state index contributed by atoms with van der Waals surface area (Å²) in [6.45, 7) is 7.01. The minimum Gasteiger partial charge on any atom is -0.355 e. The van der Waals surface area contributed by atoms with Crippen molar-refractivity contribution in [2.24, 2.45) is 0 Å². The van der Waals surface area contributed by atoms with Gasteiger partial charge in [-0.3, -0.25) is 0 Å². The van der Waals surface area contributed by atoms with Crippen LogP contribution in [0.3, 0.4) is 0 Å². The summed E-state index contributed by atoms with van der Waals surface area (Å²) in [5.74, 6) is 0.879. The quantitative estimate of drug-likeness (QED) is 0.858. The lowest BCUT2D eigenvalue weighted by atomic mass is 9.96. The van der Waals surface area contributed by atoms with Crippen molar-refractivity contribution >= 4 is 16.7 Å². The van der Waals surface area contributed by atoms with E-state index < -0.39 is 0 Å². The van der Waals surface area contributed by atoms with Crippen LogP contribution in [0.1, 0.15) is 32.3 Å². The van der Waals surface area contributed by atoms with Crippen LogP contribution in [-0.4, -0.2) is 19.3 Å². The molecular formula is C10H15N5S. The van der Waals surface area contributed by atoms with Crippen LogP contribution in [-0.2, 0) is 12.0 Å². The molecule has 0 radical (unpaired) electrons. The van der Waals surface area contributed by atoms with Gasteiger partial charge in [0.15, 0.2) is 0 Å². The fourth-order valence-electron chi connectivity index (χ4n) is 1.15. The molecule has 5 nitrogen and oxygen atoms in total. The molecule has 0 aliphatic rings. The molecule has 2 N–H and O–H groups in total. The first-order valence-corrected chi connectivity index (χ1v) is 5.88. The van der Waals surface area contributed by atoms with Crippen molar-refractivity contribution in [3.05, 3.63) is 24.0 Å². The molecule has 6 heteroatoms. The maximum atomic E-state index is 4.44. The first-order chi connectivity index (χ1) is 7.55. The molecule has 0 aliphatic heterocycles. The van der Waals surface area contributed by atoms with Gasteiger partial charge < -0.3 is 10.3 Å². The number of hydrogen-bond acceptors (Lipinski definition) is 5. The first kappa shape index (κ1) is 11.1. The molecular weight excluding hydrogens is 222 g/mol. The van der Waals surface area contributed by atoms with Crippen molar-refractivity contribution in [1.29, 1.82) is 0 Å². The Morgan fingerprint density at radius 3 is 2.81 bits per heavy atom. The van der Waals surface area contributed by atoms with Gasteiger partial charge in [-0.05, 0) is 0 Å². The van der Waals surface area contributed by atoms with E-state index in [4.69, 9.17) is 0 Å². The highest BCUT2D eigenvalue weighted by Gasteiger charge is 2.19. The Morgan fingerprint density at radius 2 is 2.25 bits per heavy atom. The number of aromatic amines is 1. The predicted octanol–water partition coefficient (Wildman–Crippen LogP) is 2.17. The summed E-state index contributed by atoms with van der Waals surface area (Å²) < 4.78 is 4.33. The van der Waals surface area contributed by atoms with E-state index in [1.807, 2.05) is 0 Å². The summed E-state index contributed by atoms with van der Waals surface area (Å²) in [4.78, 5) is 11.4. The lowest BCUT2D eigenvalue weighted by Crippen LogP contribution is -2.13. The number of imidazole rings is 1. The van der Waals surface area contributed by atoms with Crippen molar-refractivity contribution in [2.75, 3.05) is 5.32 Å². The summed E-state index contributed by atoms with van der Waals surface area (Å²) >= 11 is 1.39. The Balaban J connectivity index is 1.98. The van der Waals surface area contributed by atoms with Gasteiger partial charge in [0.25, 0.3) is 0 Å². The predicted molar refractivity (Wildman–Crippen MR) is 64.5 cm³/mol. The minimum absolute atomic E-state index is 0.00438. The Morgan fingerprint density at radius 1 is 1.44 bits per heavy atom. The zero-order chi connectivity index (χ0) is 11.6. The number of aromatic nitrogens is 4. The average Bonchev–Trinajstić information content (AvgIpc) is 2.85. The van der Waals surface area contributed by atoms with Crippen molar-refractivity contribution in [1.82, 2.24) is 19.3 Å². The smallest absolute Gasteiger partial charge is 0.202 e. The molecule has 0 fully saturated rings. The lowest BCUT2D eigenvalue weighted by Gasteiger charge is -2.12. The van der Waals surface area contributed by atoms with Gasteiger partial charge in [-0.1, -0.05) is 20.8 Å². The maximum Gasteiger partial charge on any atom is 0.202 e. The Hall–Kier alpha value is -1.43. The maximum absolute atomic E-state index is 4.44. The van der Waals surface area contributed by atoms with E-state index in [2.05, 4.69) is 45.4 Å². The molecule has 2 rings (SSSR count). The average molecular weight is 237 g/mol. The zero-order valence-corrected chi connectivity index (χ0v) is 10.4. The third-order valence-electron chi connectivity index (χ3n) is 2.08.